The van der Waals surface area contributed by atoms with Crippen LogP contribution in [0, 0.1) is 6.92 Å². The summed E-state index contributed by atoms with van der Waals surface area (Å²) in [6.07, 6.45) is 0. The summed E-state index contributed by atoms with van der Waals surface area (Å²) in [5.41, 5.74) is 6.48. The number of ether oxygens (including phenoxy) is 1. The van der Waals surface area contributed by atoms with Crippen molar-refractivity contribution in [3.63, 3.8) is 0 Å². The maximum Gasteiger partial charge on any atom is 0.142 e. The fraction of sp³-hybridized carbons (Fsp3) is 0.333. The van der Waals surface area contributed by atoms with E-state index in [2.05, 4.69) is 4.90 Å². The Hall–Kier alpha value is -1.94. The van der Waals surface area contributed by atoms with Crippen molar-refractivity contribution in [1.29, 1.82) is 0 Å². The fourth-order valence-corrected chi connectivity index (χ4v) is 1.84. The zero-order valence-corrected chi connectivity index (χ0v) is 11.4. The van der Waals surface area contributed by atoms with Gasteiger partial charge in [0, 0.05) is 6.54 Å². The van der Waals surface area contributed by atoms with E-state index in [-0.39, 0.29) is 0 Å². The molecule has 0 aliphatic heterocycles. The van der Waals surface area contributed by atoms with Gasteiger partial charge in [0.25, 0.3) is 0 Å². The van der Waals surface area contributed by atoms with Crippen LogP contribution >= 0.6 is 0 Å². The number of likely N-dealkylation sites (N-methyl/N-ethyl adjacent to an activating group) is 1. The van der Waals surface area contributed by atoms with Gasteiger partial charge in [0.05, 0.1) is 12.2 Å². The highest BCUT2D eigenvalue weighted by Gasteiger charge is 2.05. The number of nitrogens with zero attached hydrogens (tertiary/aromatic N) is 1. The molecule has 0 bridgehead atoms. The zero-order valence-electron chi connectivity index (χ0n) is 11.4. The monoisotopic (exact) mass is 260 g/mol. The van der Waals surface area contributed by atoms with Gasteiger partial charge in [-0.1, -0.05) is 12.1 Å². The zero-order chi connectivity index (χ0) is 13.7. The van der Waals surface area contributed by atoms with Crippen molar-refractivity contribution in [2.45, 2.75) is 13.5 Å². The third-order valence-corrected chi connectivity index (χ3v) is 2.87. The van der Waals surface area contributed by atoms with Crippen LogP contribution in [0.5, 0.6) is 5.75 Å². The van der Waals surface area contributed by atoms with E-state index in [9.17, 15) is 0 Å². The Bertz CT molecular complexity index is 522. The number of hydrogen-bond acceptors (Lipinski definition) is 4. The number of anilines is 1. The number of nitrogen functional groups attached to an aromatic ring is 1. The molecule has 0 amide bonds. The van der Waals surface area contributed by atoms with Gasteiger partial charge < -0.3 is 14.9 Å². The second-order valence-corrected chi connectivity index (χ2v) is 4.64. The summed E-state index contributed by atoms with van der Waals surface area (Å²) in [4.78, 5) is 2.15. The average Bonchev–Trinajstić information content (AvgIpc) is 2.77. The smallest absolute Gasteiger partial charge is 0.142 e. The lowest BCUT2D eigenvalue weighted by Crippen LogP contribution is -2.23. The van der Waals surface area contributed by atoms with Gasteiger partial charge in [0.1, 0.15) is 23.9 Å². The molecular formula is C15H20N2O2. The van der Waals surface area contributed by atoms with Gasteiger partial charge in [0.2, 0.25) is 0 Å². The minimum atomic E-state index is 0.602. The van der Waals surface area contributed by atoms with Crippen LogP contribution in [0.4, 0.5) is 5.69 Å². The van der Waals surface area contributed by atoms with Crippen LogP contribution in [0.25, 0.3) is 0 Å². The van der Waals surface area contributed by atoms with Crippen LogP contribution in [0.1, 0.15) is 11.5 Å². The molecule has 2 rings (SSSR count). The quantitative estimate of drug-likeness (QED) is 0.811. The van der Waals surface area contributed by atoms with Gasteiger partial charge in [-0.05, 0) is 38.2 Å². The van der Waals surface area contributed by atoms with Gasteiger partial charge in [-0.2, -0.15) is 0 Å². The minimum absolute atomic E-state index is 0.602. The Labute approximate surface area is 113 Å². The summed E-state index contributed by atoms with van der Waals surface area (Å²) in [5, 5.41) is 0. The Morgan fingerprint density at radius 3 is 2.68 bits per heavy atom. The lowest BCUT2D eigenvalue weighted by molar-refractivity contribution is 0.222. The fourth-order valence-electron chi connectivity index (χ4n) is 1.84. The average molecular weight is 260 g/mol. The molecule has 102 valence electrons. The topological polar surface area (TPSA) is 51.6 Å². The molecule has 0 spiro atoms. The molecule has 19 heavy (non-hydrogen) atoms. The van der Waals surface area contributed by atoms with E-state index in [0.29, 0.717) is 12.3 Å². The number of para-hydroxylation sites is 2. The highest BCUT2D eigenvalue weighted by molar-refractivity contribution is 5.51. The normalized spacial score (nSPS) is 10.9. The summed E-state index contributed by atoms with van der Waals surface area (Å²) >= 11 is 0. The van der Waals surface area contributed by atoms with Gasteiger partial charge >= 0.3 is 0 Å². The first-order valence-electron chi connectivity index (χ1n) is 6.36. The predicted molar refractivity (Wildman–Crippen MR) is 76.1 cm³/mol. The highest BCUT2D eigenvalue weighted by Crippen LogP contribution is 2.19. The number of hydrogen-bond donors (Lipinski definition) is 1. The van der Waals surface area contributed by atoms with Crippen LogP contribution in [0.2, 0.25) is 0 Å². The largest absolute Gasteiger partial charge is 0.490 e. The number of aryl methyl sites for hydroxylation is 1. The van der Waals surface area contributed by atoms with E-state index >= 15 is 0 Å². The molecule has 1 aromatic heterocycles. The lowest BCUT2D eigenvalue weighted by atomic mass is 10.3. The SMILES string of the molecule is Cc1ccc(CN(C)CCOc2ccccc2N)o1. The minimum Gasteiger partial charge on any atom is -0.490 e. The first-order chi connectivity index (χ1) is 9.15. The van der Waals surface area contributed by atoms with Gasteiger partial charge in [-0.3, -0.25) is 4.90 Å². The predicted octanol–water partition coefficient (Wildman–Crippen LogP) is 2.68. The van der Waals surface area contributed by atoms with Crippen molar-refractivity contribution >= 4 is 5.69 Å². The highest BCUT2D eigenvalue weighted by atomic mass is 16.5. The molecule has 2 N–H and O–H groups in total. The van der Waals surface area contributed by atoms with Gasteiger partial charge in [-0.25, -0.2) is 0 Å². The number of furan rings is 1. The standard InChI is InChI=1S/C15H20N2O2/c1-12-7-8-13(19-12)11-17(2)9-10-18-15-6-4-3-5-14(15)16/h3-8H,9-11,16H2,1-2H3. The van der Waals surface area contributed by atoms with Crippen molar-refractivity contribution in [2.24, 2.45) is 0 Å². The third kappa shape index (κ3) is 4.03. The van der Waals surface area contributed by atoms with E-state index in [0.717, 1.165) is 30.4 Å². The van der Waals surface area contributed by atoms with Crippen LogP contribution in [0.15, 0.2) is 40.8 Å². The van der Waals surface area contributed by atoms with E-state index in [1.165, 1.54) is 0 Å². The molecule has 0 aliphatic carbocycles. The van der Waals surface area contributed by atoms with E-state index in [4.69, 9.17) is 14.9 Å². The Balaban J connectivity index is 1.75. The third-order valence-electron chi connectivity index (χ3n) is 2.87. The molecule has 0 unspecified atom stereocenters. The summed E-state index contributed by atoms with van der Waals surface area (Å²) in [5.74, 6) is 2.65. The molecule has 0 saturated heterocycles. The number of benzene rings is 1. The molecule has 0 radical (unpaired) electrons. The van der Waals surface area contributed by atoms with Crippen molar-refractivity contribution < 1.29 is 9.15 Å². The Morgan fingerprint density at radius 2 is 2.00 bits per heavy atom. The lowest BCUT2D eigenvalue weighted by Gasteiger charge is -2.16. The maximum absolute atomic E-state index is 5.81. The van der Waals surface area contributed by atoms with E-state index in [1.807, 2.05) is 50.4 Å². The van der Waals surface area contributed by atoms with Gasteiger partial charge in [0.15, 0.2) is 0 Å². The number of nitrogens with two attached hydrogens (primary N) is 1. The van der Waals surface area contributed by atoms with Crippen molar-refractivity contribution in [3.05, 3.63) is 47.9 Å². The van der Waals surface area contributed by atoms with Crippen molar-refractivity contribution in [2.75, 3.05) is 25.9 Å². The molecule has 0 fully saturated rings. The summed E-state index contributed by atoms with van der Waals surface area (Å²) in [6, 6.07) is 11.5. The molecule has 1 heterocycles. The summed E-state index contributed by atoms with van der Waals surface area (Å²) in [7, 11) is 2.04. The summed E-state index contributed by atoms with van der Waals surface area (Å²) in [6.45, 7) is 4.14. The molecule has 4 heteroatoms. The molecule has 2 aromatic rings. The molecule has 4 nitrogen and oxygen atoms in total. The molecule has 1 aromatic carbocycles. The second kappa shape index (κ2) is 6.29. The van der Waals surface area contributed by atoms with Crippen LogP contribution < -0.4 is 10.5 Å². The number of rotatable bonds is 6. The molecule has 0 saturated carbocycles. The molecule has 0 atom stereocenters. The van der Waals surface area contributed by atoms with Crippen molar-refractivity contribution in [1.82, 2.24) is 4.90 Å². The van der Waals surface area contributed by atoms with Gasteiger partial charge in [-0.15, -0.1) is 0 Å². The van der Waals surface area contributed by atoms with Crippen LogP contribution in [-0.2, 0) is 6.54 Å². The molecular weight excluding hydrogens is 240 g/mol. The summed E-state index contributed by atoms with van der Waals surface area (Å²) < 4.78 is 11.2. The first-order valence-corrected chi connectivity index (χ1v) is 6.36. The second-order valence-electron chi connectivity index (χ2n) is 4.64. The first kappa shape index (κ1) is 13.5. The van der Waals surface area contributed by atoms with E-state index in [1.54, 1.807) is 0 Å². The van der Waals surface area contributed by atoms with Crippen LogP contribution in [0.3, 0.4) is 0 Å². The maximum atomic E-state index is 5.81. The molecule has 0 aliphatic rings. The van der Waals surface area contributed by atoms with Crippen molar-refractivity contribution in [3.8, 4) is 5.75 Å². The Kier molecular flexibility index (Phi) is 4.47. The van der Waals surface area contributed by atoms with Crippen LogP contribution in [-0.4, -0.2) is 25.1 Å². The van der Waals surface area contributed by atoms with E-state index < -0.39 is 0 Å². The Morgan fingerprint density at radius 1 is 1.21 bits per heavy atom.